The Morgan fingerprint density at radius 2 is 1.82 bits per heavy atom. The highest BCUT2D eigenvalue weighted by Crippen LogP contribution is 2.43. The summed E-state index contributed by atoms with van der Waals surface area (Å²) in [4.78, 5) is 23.8. The van der Waals surface area contributed by atoms with Crippen molar-refractivity contribution in [1.29, 1.82) is 0 Å². The van der Waals surface area contributed by atoms with E-state index in [1.54, 1.807) is 19.9 Å². The molecule has 0 heterocycles. The highest BCUT2D eigenvalue weighted by molar-refractivity contribution is 5.89. The average molecular weight is 388 g/mol. The van der Waals surface area contributed by atoms with Crippen LogP contribution in [0.4, 0.5) is 0 Å². The first-order valence-corrected chi connectivity index (χ1v) is 8.89. The van der Waals surface area contributed by atoms with Crippen molar-refractivity contribution in [2.75, 3.05) is 0 Å². The first-order chi connectivity index (χ1) is 13.0. The van der Waals surface area contributed by atoms with Crippen molar-refractivity contribution in [2.24, 2.45) is 0 Å². The monoisotopic (exact) mass is 388 g/mol. The maximum Gasteiger partial charge on any atom is 0.333 e. The summed E-state index contributed by atoms with van der Waals surface area (Å²) >= 11 is 0. The molecule has 0 spiro atoms. The highest BCUT2D eigenvalue weighted by Gasteiger charge is 2.26. The Morgan fingerprint density at radius 3 is 2.32 bits per heavy atom. The van der Waals surface area contributed by atoms with Crippen LogP contribution in [-0.2, 0) is 14.3 Å². The molecular weight excluding hydrogens is 360 g/mol. The van der Waals surface area contributed by atoms with Crippen molar-refractivity contribution < 1.29 is 29.3 Å². The summed E-state index contributed by atoms with van der Waals surface area (Å²) < 4.78 is 10.7. The molecule has 0 aliphatic carbocycles. The van der Waals surface area contributed by atoms with Gasteiger partial charge in [-0.1, -0.05) is 24.3 Å². The normalized spacial score (nSPS) is 12.1. The third kappa shape index (κ3) is 5.74. The topological polar surface area (TPSA) is 93.1 Å². The lowest BCUT2D eigenvalue weighted by Gasteiger charge is -2.22. The van der Waals surface area contributed by atoms with Gasteiger partial charge in [-0.05, 0) is 46.3 Å². The van der Waals surface area contributed by atoms with E-state index in [9.17, 15) is 19.8 Å². The van der Waals surface area contributed by atoms with Crippen molar-refractivity contribution in [3.05, 3.63) is 47.1 Å². The number of allylic oxidation sites excluding steroid dienone is 2. The number of aromatic hydroxyl groups is 2. The largest absolute Gasteiger partial charge is 0.508 e. The number of esters is 2. The number of rotatable bonds is 7. The Balaban J connectivity index is 3.46. The van der Waals surface area contributed by atoms with Gasteiger partial charge in [0.15, 0.2) is 11.5 Å². The Labute approximate surface area is 165 Å². The van der Waals surface area contributed by atoms with E-state index in [1.807, 2.05) is 19.9 Å². The Morgan fingerprint density at radius 1 is 1.21 bits per heavy atom. The fraction of sp³-hybridized carbons (Fsp3) is 0.364. The number of ether oxygens (including phenoxy) is 2. The highest BCUT2D eigenvalue weighted by atomic mass is 16.5. The number of phenols is 2. The van der Waals surface area contributed by atoms with Crippen molar-refractivity contribution in [2.45, 2.75) is 54.1 Å². The molecule has 152 valence electrons. The molecular formula is C22H28O6. The molecule has 1 unspecified atom stereocenters. The molecule has 1 rings (SSSR count). The van der Waals surface area contributed by atoms with Crippen molar-refractivity contribution in [3.8, 4) is 17.2 Å². The molecule has 28 heavy (non-hydrogen) atoms. The summed E-state index contributed by atoms with van der Waals surface area (Å²) in [5.74, 6) is -1.85. The molecule has 6 heteroatoms. The van der Waals surface area contributed by atoms with Crippen LogP contribution in [0.1, 0.15) is 52.2 Å². The molecule has 2 N–H and O–H groups in total. The van der Waals surface area contributed by atoms with Crippen molar-refractivity contribution in [3.63, 3.8) is 0 Å². The maximum absolute atomic E-state index is 12.3. The molecule has 0 bridgehead atoms. The Kier molecular flexibility index (Phi) is 8.04. The fourth-order valence-corrected chi connectivity index (χ4v) is 2.33. The zero-order valence-electron chi connectivity index (χ0n) is 17.3. The molecule has 0 fully saturated rings. The molecule has 0 radical (unpaired) electrons. The second-order valence-electron chi connectivity index (χ2n) is 6.75. The molecule has 0 saturated carbocycles. The smallest absolute Gasteiger partial charge is 0.333 e. The van der Waals surface area contributed by atoms with Crippen LogP contribution in [0, 0.1) is 6.92 Å². The van der Waals surface area contributed by atoms with Gasteiger partial charge in [-0.15, -0.1) is 0 Å². The lowest BCUT2D eigenvalue weighted by molar-refractivity contribution is -0.141. The lowest BCUT2D eigenvalue weighted by atomic mass is 9.96. The van der Waals surface area contributed by atoms with Gasteiger partial charge in [-0.2, -0.15) is 0 Å². The van der Waals surface area contributed by atoms with Crippen molar-refractivity contribution in [1.82, 2.24) is 0 Å². The molecule has 1 aromatic carbocycles. The van der Waals surface area contributed by atoms with E-state index < -0.39 is 18.0 Å². The summed E-state index contributed by atoms with van der Waals surface area (Å²) in [5.41, 5.74) is 2.09. The Hall–Kier alpha value is -3.02. The van der Waals surface area contributed by atoms with E-state index >= 15 is 0 Å². The second-order valence-corrected chi connectivity index (χ2v) is 6.75. The van der Waals surface area contributed by atoms with Gasteiger partial charge in [0.1, 0.15) is 11.9 Å². The fourth-order valence-electron chi connectivity index (χ4n) is 2.33. The van der Waals surface area contributed by atoms with Crippen LogP contribution in [-0.4, -0.2) is 28.3 Å². The minimum atomic E-state index is -0.784. The molecule has 0 aliphatic heterocycles. The van der Waals surface area contributed by atoms with Gasteiger partial charge in [-0.3, -0.25) is 4.79 Å². The summed E-state index contributed by atoms with van der Waals surface area (Å²) in [6.45, 7) is 13.8. The van der Waals surface area contributed by atoms with E-state index in [0.29, 0.717) is 12.0 Å². The van der Waals surface area contributed by atoms with Gasteiger partial charge >= 0.3 is 11.9 Å². The van der Waals surface area contributed by atoms with E-state index in [1.165, 1.54) is 19.9 Å². The number of hydrogen-bond donors (Lipinski definition) is 2. The number of carbonyl (C=O) groups excluding carboxylic acids is 2. The molecule has 0 aromatic heterocycles. The van der Waals surface area contributed by atoms with Gasteiger partial charge in [0.25, 0.3) is 0 Å². The number of benzene rings is 1. The average Bonchev–Trinajstić information content (AvgIpc) is 2.63. The molecule has 0 aliphatic rings. The van der Waals surface area contributed by atoms with Gasteiger partial charge in [0.2, 0.25) is 0 Å². The number of hydrogen-bond acceptors (Lipinski definition) is 6. The second kappa shape index (κ2) is 9.78. The zero-order chi connectivity index (χ0) is 21.6. The van der Waals surface area contributed by atoms with E-state index in [-0.39, 0.29) is 33.9 Å². The number of phenolic OH excluding ortho intramolecular Hbond substituents is 2. The summed E-state index contributed by atoms with van der Waals surface area (Å²) in [5, 5.41) is 20.5. The van der Waals surface area contributed by atoms with Crippen LogP contribution in [0.5, 0.6) is 17.2 Å². The minimum absolute atomic E-state index is 0.131. The lowest BCUT2D eigenvalue weighted by Crippen LogP contribution is -2.20. The van der Waals surface area contributed by atoms with Crippen LogP contribution < -0.4 is 4.74 Å². The van der Waals surface area contributed by atoms with Crippen LogP contribution in [0.25, 0.3) is 5.57 Å². The molecule has 6 nitrogen and oxygen atoms in total. The summed E-state index contributed by atoms with van der Waals surface area (Å²) in [6.07, 6.45) is 3.07. The van der Waals surface area contributed by atoms with Crippen molar-refractivity contribution >= 4 is 17.5 Å². The SMILES string of the molecule is C=C(c1cc(O)c(C)c(O)c1OC(C)=O)C(CC=C(C)C)OC(=O)/C(C)=C/C. The predicted octanol–water partition coefficient (Wildman–Crippen LogP) is 4.58. The van der Waals surface area contributed by atoms with Gasteiger partial charge in [0, 0.05) is 30.0 Å². The van der Waals surface area contributed by atoms with E-state index in [4.69, 9.17) is 9.47 Å². The van der Waals surface area contributed by atoms with E-state index in [2.05, 4.69) is 6.58 Å². The summed E-state index contributed by atoms with van der Waals surface area (Å²) in [7, 11) is 0. The zero-order valence-corrected chi connectivity index (χ0v) is 17.3. The Bertz CT molecular complexity index is 841. The molecule has 0 saturated heterocycles. The van der Waals surface area contributed by atoms with Crippen LogP contribution in [0.2, 0.25) is 0 Å². The summed E-state index contributed by atoms with van der Waals surface area (Å²) in [6, 6.07) is 1.33. The van der Waals surface area contributed by atoms with Crippen LogP contribution >= 0.6 is 0 Å². The van der Waals surface area contributed by atoms with Crippen LogP contribution in [0.15, 0.2) is 35.9 Å². The minimum Gasteiger partial charge on any atom is -0.508 e. The third-order valence-corrected chi connectivity index (χ3v) is 4.21. The quantitative estimate of drug-likeness (QED) is 0.307. The molecule has 1 aromatic rings. The number of carbonyl (C=O) groups is 2. The standard InChI is InChI=1S/C22H28O6/c1-8-13(4)22(26)28-19(10-9-12(2)3)14(5)17-11-18(24)15(6)20(25)21(17)27-16(7)23/h8-9,11,19,24-25H,5,10H2,1-4,6-7H3/b13-8+. The van der Waals surface area contributed by atoms with Gasteiger partial charge < -0.3 is 19.7 Å². The molecule has 0 amide bonds. The van der Waals surface area contributed by atoms with Gasteiger partial charge in [-0.25, -0.2) is 4.79 Å². The van der Waals surface area contributed by atoms with Crippen LogP contribution in [0.3, 0.4) is 0 Å². The maximum atomic E-state index is 12.3. The van der Waals surface area contributed by atoms with E-state index in [0.717, 1.165) is 5.57 Å². The molecule has 1 atom stereocenters. The third-order valence-electron chi connectivity index (χ3n) is 4.21. The predicted molar refractivity (Wildman–Crippen MR) is 108 cm³/mol. The first-order valence-electron chi connectivity index (χ1n) is 8.89. The van der Waals surface area contributed by atoms with Gasteiger partial charge in [0.05, 0.1) is 0 Å². The first kappa shape index (κ1) is 23.0.